The van der Waals surface area contributed by atoms with Crippen molar-refractivity contribution in [2.75, 3.05) is 5.73 Å². The third-order valence-electron chi connectivity index (χ3n) is 2.85. The van der Waals surface area contributed by atoms with Crippen molar-refractivity contribution in [3.8, 4) is 11.8 Å². The molecule has 18 heavy (non-hydrogen) atoms. The first-order chi connectivity index (χ1) is 8.81. The Morgan fingerprint density at radius 2 is 1.83 bits per heavy atom. The van der Waals surface area contributed by atoms with E-state index in [1.807, 2.05) is 47.0 Å². The minimum Gasteiger partial charge on any atom is -0.369 e. The van der Waals surface area contributed by atoms with Gasteiger partial charge in [-0.3, -0.25) is 4.57 Å². The van der Waals surface area contributed by atoms with Crippen molar-refractivity contribution in [1.82, 2.24) is 9.55 Å². The number of nitrogen functional groups attached to an aromatic ring is 1. The molecular formula is C14H10N4. The summed E-state index contributed by atoms with van der Waals surface area (Å²) >= 11 is 0. The second kappa shape index (κ2) is 3.90. The Labute approximate surface area is 104 Å². The second-order valence-electron chi connectivity index (χ2n) is 3.93. The van der Waals surface area contributed by atoms with E-state index in [0.29, 0.717) is 17.0 Å². The molecule has 3 rings (SSSR count). The summed E-state index contributed by atoms with van der Waals surface area (Å²) < 4.78 is 1.84. The number of benzene rings is 2. The normalized spacial score (nSPS) is 10.4. The minimum atomic E-state index is 0.388. The maximum atomic E-state index is 9.07. The summed E-state index contributed by atoms with van der Waals surface area (Å²) in [6.07, 6.45) is 0. The van der Waals surface area contributed by atoms with Crippen LogP contribution in [0.2, 0.25) is 0 Å². The first kappa shape index (κ1) is 10.4. The van der Waals surface area contributed by atoms with Crippen LogP contribution in [0, 0.1) is 11.3 Å². The van der Waals surface area contributed by atoms with Crippen LogP contribution in [-0.4, -0.2) is 9.55 Å². The molecule has 0 fully saturated rings. The standard InChI is InChI=1S/C14H10N4/c15-9-10-5-4-8-12-13(10)17-14(16)18(12)11-6-2-1-3-7-11/h1-8H,(H2,16,17). The zero-order valence-electron chi connectivity index (χ0n) is 9.54. The Balaban J connectivity index is 2.38. The number of para-hydroxylation sites is 2. The molecule has 4 nitrogen and oxygen atoms in total. The number of nitriles is 1. The van der Waals surface area contributed by atoms with Gasteiger partial charge in [0.2, 0.25) is 5.95 Å². The van der Waals surface area contributed by atoms with Gasteiger partial charge < -0.3 is 5.73 Å². The Bertz CT molecular complexity index is 751. The highest BCUT2D eigenvalue weighted by Gasteiger charge is 2.12. The molecule has 86 valence electrons. The van der Waals surface area contributed by atoms with Gasteiger partial charge in [0, 0.05) is 5.69 Å². The molecule has 0 unspecified atom stereocenters. The van der Waals surface area contributed by atoms with Crippen LogP contribution in [0.1, 0.15) is 5.56 Å². The van der Waals surface area contributed by atoms with Crippen LogP contribution in [0.25, 0.3) is 16.7 Å². The molecular weight excluding hydrogens is 224 g/mol. The number of anilines is 1. The fourth-order valence-electron chi connectivity index (χ4n) is 2.06. The van der Waals surface area contributed by atoms with E-state index in [4.69, 9.17) is 11.0 Å². The van der Waals surface area contributed by atoms with Crippen molar-refractivity contribution < 1.29 is 0 Å². The van der Waals surface area contributed by atoms with Gasteiger partial charge in [-0.25, -0.2) is 4.98 Å². The maximum Gasteiger partial charge on any atom is 0.205 e. The third kappa shape index (κ3) is 1.42. The first-order valence-electron chi connectivity index (χ1n) is 5.54. The van der Waals surface area contributed by atoms with E-state index in [1.165, 1.54) is 0 Å². The molecule has 4 heteroatoms. The number of nitrogens with two attached hydrogens (primary N) is 1. The van der Waals surface area contributed by atoms with E-state index in [-0.39, 0.29) is 0 Å². The lowest BCUT2D eigenvalue weighted by Crippen LogP contribution is -1.99. The molecule has 0 aliphatic carbocycles. The van der Waals surface area contributed by atoms with E-state index < -0.39 is 0 Å². The van der Waals surface area contributed by atoms with Crippen molar-refractivity contribution in [3.63, 3.8) is 0 Å². The van der Waals surface area contributed by atoms with Crippen molar-refractivity contribution in [2.45, 2.75) is 0 Å². The monoisotopic (exact) mass is 234 g/mol. The SMILES string of the molecule is N#Cc1cccc2c1nc(N)n2-c1ccccc1. The van der Waals surface area contributed by atoms with E-state index in [0.717, 1.165) is 11.2 Å². The number of aromatic nitrogens is 2. The lowest BCUT2D eigenvalue weighted by molar-refractivity contribution is 1.11. The van der Waals surface area contributed by atoms with Crippen molar-refractivity contribution in [1.29, 1.82) is 5.26 Å². The molecule has 2 N–H and O–H groups in total. The average Bonchev–Trinajstić information content (AvgIpc) is 2.75. The second-order valence-corrected chi connectivity index (χ2v) is 3.93. The quantitative estimate of drug-likeness (QED) is 0.703. The van der Waals surface area contributed by atoms with Crippen LogP contribution >= 0.6 is 0 Å². The van der Waals surface area contributed by atoms with Gasteiger partial charge in [0.05, 0.1) is 11.1 Å². The molecule has 2 aromatic carbocycles. The third-order valence-corrected chi connectivity index (χ3v) is 2.85. The van der Waals surface area contributed by atoms with E-state index in [2.05, 4.69) is 11.1 Å². The number of imidazole rings is 1. The summed E-state index contributed by atoms with van der Waals surface area (Å²) in [6.45, 7) is 0. The van der Waals surface area contributed by atoms with Crippen LogP contribution in [-0.2, 0) is 0 Å². The summed E-state index contributed by atoms with van der Waals surface area (Å²) in [7, 11) is 0. The number of rotatable bonds is 1. The van der Waals surface area contributed by atoms with Gasteiger partial charge >= 0.3 is 0 Å². The summed E-state index contributed by atoms with van der Waals surface area (Å²) in [6, 6.07) is 17.3. The smallest absolute Gasteiger partial charge is 0.205 e. The van der Waals surface area contributed by atoms with Crippen LogP contribution in [0.3, 0.4) is 0 Å². The fourth-order valence-corrected chi connectivity index (χ4v) is 2.06. The molecule has 0 amide bonds. The maximum absolute atomic E-state index is 9.07. The van der Waals surface area contributed by atoms with Crippen LogP contribution < -0.4 is 5.73 Å². The predicted octanol–water partition coefficient (Wildman–Crippen LogP) is 2.48. The zero-order chi connectivity index (χ0) is 12.5. The van der Waals surface area contributed by atoms with Gasteiger partial charge in [-0.05, 0) is 24.3 Å². The van der Waals surface area contributed by atoms with Crippen LogP contribution in [0.4, 0.5) is 5.95 Å². The number of nitrogens with zero attached hydrogens (tertiary/aromatic N) is 3. The Morgan fingerprint density at radius 3 is 2.56 bits per heavy atom. The number of hydrogen-bond donors (Lipinski definition) is 1. The summed E-state index contributed by atoms with van der Waals surface area (Å²) in [5.74, 6) is 0.388. The van der Waals surface area contributed by atoms with Crippen molar-refractivity contribution in [3.05, 3.63) is 54.1 Å². The highest BCUT2D eigenvalue weighted by Crippen LogP contribution is 2.24. The molecule has 0 aliphatic rings. The molecule has 0 radical (unpaired) electrons. The van der Waals surface area contributed by atoms with Gasteiger partial charge in [0.25, 0.3) is 0 Å². The van der Waals surface area contributed by atoms with Gasteiger partial charge in [0.15, 0.2) is 0 Å². The molecule has 0 atom stereocenters. The van der Waals surface area contributed by atoms with Gasteiger partial charge in [-0.1, -0.05) is 24.3 Å². The molecule has 0 bridgehead atoms. The molecule has 0 spiro atoms. The highest BCUT2D eigenvalue weighted by molar-refractivity contribution is 5.85. The molecule has 3 aromatic rings. The summed E-state index contributed by atoms with van der Waals surface area (Å²) in [4.78, 5) is 4.28. The molecule has 1 aromatic heterocycles. The van der Waals surface area contributed by atoms with E-state index >= 15 is 0 Å². The number of fused-ring (bicyclic) bond motifs is 1. The Kier molecular flexibility index (Phi) is 2.24. The highest BCUT2D eigenvalue weighted by atomic mass is 15.2. The van der Waals surface area contributed by atoms with Gasteiger partial charge in [-0.2, -0.15) is 5.26 Å². The Hall–Kier alpha value is -2.80. The lowest BCUT2D eigenvalue weighted by atomic mass is 10.2. The fraction of sp³-hybridized carbons (Fsp3) is 0. The van der Waals surface area contributed by atoms with E-state index in [9.17, 15) is 0 Å². The van der Waals surface area contributed by atoms with Crippen LogP contribution in [0.15, 0.2) is 48.5 Å². The van der Waals surface area contributed by atoms with Crippen LogP contribution in [0.5, 0.6) is 0 Å². The minimum absolute atomic E-state index is 0.388. The first-order valence-corrected chi connectivity index (χ1v) is 5.54. The molecule has 0 aliphatic heterocycles. The number of hydrogen-bond acceptors (Lipinski definition) is 3. The van der Waals surface area contributed by atoms with Crippen molar-refractivity contribution >= 4 is 17.0 Å². The predicted molar refractivity (Wildman–Crippen MR) is 70.2 cm³/mol. The summed E-state index contributed by atoms with van der Waals surface area (Å²) in [5.41, 5.74) is 8.91. The molecule has 1 heterocycles. The topological polar surface area (TPSA) is 67.6 Å². The molecule has 0 saturated heterocycles. The summed E-state index contributed by atoms with van der Waals surface area (Å²) in [5, 5.41) is 9.07. The molecule has 0 saturated carbocycles. The van der Waals surface area contributed by atoms with Gasteiger partial charge in [-0.15, -0.1) is 0 Å². The lowest BCUT2D eigenvalue weighted by Gasteiger charge is -2.05. The largest absolute Gasteiger partial charge is 0.369 e. The Morgan fingerprint density at radius 1 is 1.06 bits per heavy atom. The van der Waals surface area contributed by atoms with E-state index in [1.54, 1.807) is 6.07 Å². The zero-order valence-corrected chi connectivity index (χ0v) is 9.54. The average molecular weight is 234 g/mol. The van der Waals surface area contributed by atoms with Gasteiger partial charge in [0.1, 0.15) is 11.6 Å². The van der Waals surface area contributed by atoms with Crippen molar-refractivity contribution in [2.24, 2.45) is 0 Å².